The minimum absolute atomic E-state index is 0.104. The number of piperidine rings is 1. The molecule has 2 aliphatic rings. The van der Waals surface area contributed by atoms with Gasteiger partial charge in [-0.15, -0.1) is 0 Å². The second kappa shape index (κ2) is 6.83. The minimum Gasteiger partial charge on any atom is -0.342 e. The lowest BCUT2D eigenvalue weighted by Gasteiger charge is -2.29. The number of ketones is 1. The van der Waals surface area contributed by atoms with Crippen LogP contribution >= 0.6 is 0 Å². The Labute approximate surface area is 119 Å². The van der Waals surface area contributed by atoms with E-state index in [1.807, 2.05) is 4.90 Å². The third-order valence-corrected chi connectivity index (χ3v) is 4.07. The number of amides is 2. The van der Waals surface area contributed by atoms with Gasteiger partial charge in [-0.25, -0.2) is 0 Å². The van der Waals surface area contributed by atoms with Crippen molar-refractivity contribution in [1.29, 1.82) is 0 Å². The van der Waals surface area contributed by atoms with E-state index in [4.69, 9.17) is 0 Å². The Balaban J connectivity index is 1.79. The fraction of sp³-hybridized carbons (Fsp3) is 0.786. The van der Waals surface area contributed by atoms with Crippen molar-refractivity contribution < 1.29 is 14.4 Å². The Kier molecular flexibility index (Phi) is 5.11. The molecule has 0 aromatic carbocycles. The van der Waals surface area contributed by atoms with Crippen LogP contribution in [0.4, 0.5) is 0 Å². The monoisotopic (exact) mass is 281 g/mol. The molecule has 0 aliphatic carbocycles. The van der Waals surface area contributed by atoms with Crippen LogP contribution in [0.5, 0.6) is 0 Å². The average Bonchev–Trinajstić information content (AvgIpc) is 2.65. The van der Waals surface area contributed by atoms with E-state index < -0.39 is 0 Å². The predicted molar refractivity (Wildman–Crippen MR) is 74.1 cm³/mol. The molecule has 6 heteroatoms. The van der Waals surface area contributed by atoms with Crippen LogP contribution in [0.3, 0.4) is 0 Å². The lowest BCUT2D eigenvalue weighted by atomic mass is 10.1. The van der Waals surface area contributed by atoms with Gasteiger partial charge in [0.15, 0.2) is 0 Å². The largest absolute Gasteiger partial charge is 0.342 e. The van der Waals surface area contributed by atoms with Crippen LogP contribution in [-0.2, 0) is 14.4 Å². The highest BCUT2D eigenvalue weighted by Crippen LogP contribution is 2.08. The smallest absolute Gasteiger partial charge is 0.236 e. The molecule has 0 unspecified atom stereocenters. The van der Waals surface area contributed by atoms with E-state index in [0.717, 1.165) is 26.1 Å². The van der Waals surface area contributed by atoms with Gasteiger partial charge in [0.05, 0.1) is 6.54 Å². The maximum Gasteiger partial charge on any atom is 0.236 e. The number of nitrogens with zero attached hydrogens (tertiary/aromatic N) is 3. The molecule has 0 spiro atoms. The summed E-state index contributed by atoms with van der Waals surface area (Å²) in [7, 11) is 0. The van der Waals surface area contributed by atoms with Crippen LogP contribution in [0.25, 0.3) is 0 Å². The van der Waals surface area contributed by atoms with Gasteiger partial charge in [0.25, 0.3) is 0 Å². The van der Waals surface area contributed by atoms with E-state index >= 15 is 0 Å². The minimum atomic E-state index is 0.104. The zero-order valence-electron chi connectivity index (χ0n) is 12.1. The van der Waals surface area contributed by atoms with E-state index in [1.165, 1.54) is 0 Å². The Morgan fingerprint density at radius 2 is 1.65 bits per heavy atom. The van der Waals surface area contributed by atoms with Gasteiger partial charge in [0, 0.05) is 59.0 Å². The highest BCUT2D eigenvalue weighted by molar-refractivity contribution is 5.84. The van der Waals surface area contributed by atoms with Crippen molar-refractivity contribution in [1.82, 2.24) is 14.7 Å². The van der Waals surface area contributed by atoms with E-state index in [0.29, 0.717) is 39.0 Å². The van der Waals surface area contributed by atoms with Crippen molar-refractivity contribution in [3.8, 4) is 0 Å². The van der Waals surface area contributed by atoms with E-state index in [9.17, 15) is 14.4 Å². The summed E-state index contributed by atoms with van der Waals surface area (Å²) < 4.78 is 0. The lowest BCUT2D eigenvalue weighted by Crippen LogP contribution is -2.45. The van der Waals surface area contributed by atoms with Crippen LogP contribution in [-0.4, -0.2) is 78.1 Å². The summed E-state index contributed by atoms with van der Waals surface area (Å²) in [5.74, 6) is 0.461. The summed E-state index contributed by atoms with van der Waals surface area (Å²) in [5.41, 5.74) is 0. The Bertz CT molecular complexity index is 387. The van der Waals surface area contributed by atoms with E-state index in [2.05, 4.69) is 4.90 Å². The molecule has 0 radical (unpaired) electrons. The summed E-state index contributed by atoms with van der Waals surface area (Å²) in [4.78, 5) is 40.5. The van der Waals surface area contributed by atoms with Crippen molar-refractivity contribution in [2.24, 2.45) is 0 Å². The third kappa shape index (κ3) is 4.03. The summed E-state index contributed by atoms with van der Waals surface area (Å²) >= 11 is 0. The van der Waals surface area contributed by atoms with E-state index in [1.54, 1.807) is 11.8 Å². The van der Waals surface area contributed by atoms with Crippen LogP contribution in [0.15, 0.2) is 0 Å². The van der Waals surface area contributed by atoms with Crippen LogP contribution in [0, 0.1) is 0 Å². The van der Waals surface area contributed by atoms with Crippen LogP contribution in [0.1, 0.15) is 26.2 Å². The Morgan fingerprint density at radius 1 is 0.950 bits per heavy atom. The van der Waals surface area contributed by atoms with Crippen molar-refractivity contribution in [2.75, 3.05) is 45.8 Å². The van der Waals surface area contributed by atoms with Gasteiger partial charge in [0.1, 0.15) is 5.78 Å². The average molecular weight is 281 g/mol. The highest BCUT2D eigenvalue weighted by atomic mass is 16.2. The number of carbonyl (C=O) groups is 3. The van der Waals surface area contributed by atoms with Gasteiger partial charge >= 0.3 is 0 Å². The Morgan fingerprint density at radius 3 is 2.30 bits per heavy atom. The molecule has 2 aliphatic heterocycles. The first kappa shape index (κ1) is 15.0. The van der Waals surface area contributed by atoms with Crippen LogP contribution in [0.2, 0.25) is 0 Å². The summed E-state index contributed by atoms with van der Waals surface area (Å²) in [6.45, 7) is 6.18. The van der Waals surface area contributed by atoms with Crippen molar-refractivity contribution >= 4 is 17.6 Å². The molecule has 0 aromatic heterocycles. The lowest BCUT2D eigenvalue weighted by molar-refractivity contribution is -0.135. The standard InChI is InChI=1S/C14H23N3O3/c1-12(18)16-6-2-5-15(9-10-16)11-14(20)17-7-3-13(19)4-8-17/h2-11H2,1H3. The highest BCUT2D eigenvalue weighted by Gasteiger charge is 2.24. The molecule has 2 saturated heterocycles. The SMILES string of the molecule is CC(=O)N1CCCN(CC(=O)N2CCC(=O)CC2)CC1. The molecule has 2 amide bonds. The zero-order valence-corrected chi connectivity index (χ0v) is 12.1. The second-order valence-electron chi connectivity index (χ2n) is 5.56. The first-order chi connectivity index (χ1) is 9.56. The first-order valence-corrected chi connectivity index (χ1v) is 7.33. The number of carbonyl (C=O) groups excluding carboxylic acids is 3. The maximum absolute atomic E-state index is 12.2. The van der Waals surface area contributed by atoms with Gasteiger partial charge in [-0.05, 0) is 6.42 Å². The van der Waals surface area contributed by atoms with Gasteiger partial charge < -0.3 is 9.80 Å². The molecule has 0 N–H and O–H groups in total. The number of hydrogen-bond acceptors (Lipinski definition) is 4. The molecule has 20 heavy (non-hydrogen) atoms. The van der Waals surface area contributed by atoms with Gasteiger partial charge in [-0.3, -0.25) is 19.3 Å². The molecule has 6 nitrogen and oxygen atoms in total. The molecular formula is C14H23N3O3. The maximum atomic E-state index is 12.2. The van der Waals surface area contributed by atoms with Gasteiger partial charge in [0.2, 0.25) is 11.8 Å². The number of rotatable bonds is 2. The number of hydrogen-bond donors (Lipinski definition) is 0. The molecule has 0 atom stereocenters. The quantitative estimate of drug-likeness (QED) is 0.699. The van der Waals surface area contributed by atoms with Crippen molar-refractivity contribution in [2.45, 2.75) is 26.2 Å². The first-order valence-electron chi connectivity index (χ1n) is 7.33. The fourth-order valence-corrected chi connectivity index (χ4v) is 2.74. The second-order valence-corrected chi connectivity index (χ2v) is 5.56. The summed E-state index contributed by atoms with van der Waals surface area (Å²) in [6, 6.07) is 0. The van der Waals surface area contributed by atoms with Gasteiger partial charge in [-0.1, -0.05) is 0 Å². The third-order valence-electron chi connectivity index (χ3n) is 4.07. The number of likely N-dealkylation sites (tertiary alicyclic amines) is 1. The number of Topliss-reactive ketones (excluding diaryl/α,β-unsaturated/α-hetero) is 1. The van der Waals surface area contributed by atoms with Crippen LogP contribution < -0.4 is 0 Å². The van der Waals surface area contributed by atoms with E-state index in [-0.39, 0.29) is 17.6 Å². The fourth-order valence-electron chi connectivity index (χ4n) is 2.74. The molecule has 0 bridgehead atoms. The van der Waals surface area contributed by atoms with Gasteiger partial charge in [-0.2, -0.15) is 0 Å². The molecule has 2 heterocycles. The molecule has 2 fully saturated rings. The normalized spacial score (nSPS) is 21.8. The Hall–Kier alpha value is -1.43. The zero-order chi connectivity index (χ0) is 14.5. The molecule has 2 rings (SSSR count). The predicted octanol–water partition coefficient (Wildman–Crippen LogP) is -0.268. The summed E-state index contributed by atoms with van der Waals surface area (Å²) in [6.07, 6.45) is 1.89. The molecule has 0 saturated carbocycles. The van der Waals surface area contributed by atoms with Crippen molar-refractivity contribution in [3.05, 3.63) is 0 Å². The van der Waals surface area contributed by atoms with Crippen molar-refractivity contribution in [3.63, 3.8) is 0 Å². The molecule has 0 aromatic rings. The summed E-state index contributed by atoms with van der Waals surface area (Å²) in [5, 5.41) is 0. The topological polar surface area (TPSA) is 60.9 Å². The molecule has 112 valence electrons. The molecular weight excluding hydrogens is 258 g/mol.